The molecule has 0 saturated heterocycles. The first-order valence-corrected chi connectivity index (χ1v) is 15.7. The maximum atomic E-state index is 6.51. The van der Waals surface area contributed by atoms with E-state index in [1.807, 2.05) is 0 Å². The molecule has 0 spiro atoms. The predicted molar refractivity (Wildman–Crippen MR) is 181 cm³/mol. The number of allylic oxidation sites excluding steroid dienone is 18. The average Bonchev–Trinajstić information content (AvgIpc) is 3.25. The molecule has 1 fully saturated rings. The largest absolute Gasteiger partial charge is 0.487 e. The molecule has 3 unspecified atom stereocenters. The van der Waals surface area contributed by atoms with Gasteiger partial charge >= 0.3 is 0 Å². The van der Waals surface area contributed by atoms with E-state index in [0.29, 0.717) is 22.7 Å². The SMILES string of the molecule is CC1=CCCC(C)(C)C1/C=C/C(C)=C/C=C/C(C)=C/C=C/C=C(C)/C=C/C=C(\C)C1=CC2C(C)(C)CCCC2(C)O1. The highest BCUT2D eigenvalue weighted by Crippen LogP contribution is 2.53. The van der Waals surface area contributed by atoms with Crippen molar-refractivity contribution in [2.24, 2.45) is 22.7 Å². The number of fused-ring (bicyclic) bond motifs is 1. The lowest BCUT2D eigenvalue weighted by Gasteiger charge is -2.45. The fourth-order valence-corrected chi connectivity index (χ4v) is 6.79. The summed E-state index contributed by atoms with van der Waals surface area (Å²) in [5.41, 5.74) is 7.01. The lowest BCUT2D eigenvalue weighted by atomic mass is 9.62. The highest BCUT2D eigenvalue weighted by molar-refractivity contribution is 5.36. The highest BCUT2D eigenvalue weighted by Gasteiger charge is 2.51. The molecule has 0 amide bonds. The first-order valence-electron chi connectivity index (χ1n) is 15.7. The van der Waals surface area contributed by atoms with E-state index in [1.165, 1.54) is 53.5 Å². The summed E-state index contributed by atoms with van der Waals surface area (Å²) in [6.45, 7) is 22.7. The Morgan fingerprint density at radius 1 is 0.732 bits per heavy atom. The summed E-state index contributed by atoms with van der Waals surface area (Å²) in [6.07, 6.45) is 37.1. The van der Waals surface area contributed by atoms with Gasteiger partial charge in [0.2, 0.25) is 0 Å². The summed E-state index contributed by atoms with van der Waals surface area (Å²) in [5, 5.41) is 0. The van der Waals surface area contributed by atoms with Gasteiger partial charge < -0.3 is 4.74 Å². The summed E-state index contributed by atoms with van der Waals surface area (Å²) in [4.78, 5) is 0. The van der Waals surface area contributed by atoms with Gasteiger partial charge in [0.25, 0.3) is 0 Å². The van der Waals surface area contributed by atoms with Crippen molar-refractivity contribution in [3.8, 4) is 0 Å². The minimum Gasteiger partial charge on any atom is -0.487 e. The molecular formula is C40H56O. The number of hydrogen-bond donors (Lipinski definition) is 0. The number of rotatable bonds is 9. The van der Waals surface area contributed by atoms with Crippen molar-refractivity contribution in [3.63, 3.8) is 0 Å². The Hall–Kier alpha value is -2.80. The van der Waals surface area contributed by atoms with Crippen molar-refractivity contribution < 1.29 is 4.74 Å². The van der Waals surface area contributed by atoms with Gasteiger partial charge in [-0.2, -0.15) is 0 Å². The fraction of sp³-hybridized carbons (Fsp3) is 0.500. The van der Waals surface area contributed by atoms with E-state index in [2.05, 4.69) is 154 Å². The van der Waals surface area contributed by atoms with Gasteiger partial charge in [-0.1, -0.05) is 129 Å². The Kier molecular flexibility index (Phi) is 11.1. The zero-order valence-electron chi connectivity index (χ0n) is 27.7. The van der Waals surface area contributed by atoms with Crippen LogP contribution in [0.2, 0.25) is 0 Å². The van der Waals surface area contributed by atoms with E-state index in [4.69, 9.17) is 4.74 Å². The van der Waals surface area contributed by atoms with Crippen molar-refractivity contribution in [1.29, 1.82) is 0 Å². The van der Waals surface area contributed by atoms with Crippen LogP contribution in [0.4, 0.5) is 0 Å². The normalized spacial score (nSPS) is 29.4. The van der Waals surface area contributed by atoms with Crippen LogP contribution in [0.25, 0.3) is 0 Å². The van der Waals surface area contributed by atoms with Gasteiger partial charge in [0.1, 0.15) is 11.4 Å². The van der Waals surface area contributed by atoms with Crippen molar-refractivity contribution in [3.05, 3.63) is 119 Å². The van der Waals surface area contributed by atoms with Crippen molar-refractivity contribution >= 4 is 0 Å². The molecule has 3 rings (SSSR count). The van der Waals surface area contributed by atoms with Crippen LogP contribution < -0.4 is 0 Å². The van der Waals surface area contributed by atoms with Crippen molar-refractivity contribution in [2.75, 3.05) is 0 Å². The minimum atomic E-state index is -0.0491. The van der Waals surface area contributed by atoms with Gasteiger partial charge in [0.05, 0.1) is 0 Å². The quantitative estimate of drug-likeness (QED) is 0.204. The molecule has 0 aromatic heterocycles. The minimum absolute atomic E-state index is 0.0491. The molecule has 0 aromatic carbocycles. The number of ether oxygens (including phenoxy) is 1. The Bertz CT molecular complexity index is 1240. The van der Waals surface area contributed by atoms with Gasteiger partial charge in [-0.3, -0.25) is 0 Å². The van der Waals surface area contributed by atoms with Crippen molar-refractivity contribution in [2.45, 2.75) is 107 Å². The molecule has 1 nitrogen and oxygen atoms in total. The molecule has 2 aliphatic carbocycles. The summed E-state index contributed by atoms with van der Waals surface area (Å²) in [7, 11) is 0. The summed E-state index contributed by atoms with van der Waals surface area (Å²) in [6, 6.07) is 0. The molecule has 1 aliphatic heterocycles. The smallest absolute Gasteiger partial charge is 0.119 e. The van der Waals surface area contributed by atoms with Crippen LogP contribution in [0.15, 0.2) is 119 Å². The Labute approximate surface area is 252 Å². The molecule has 1 heteroatoms. The lowest BCUT2D eigenvalue weighted by Crippen LogP contribution is -2.44. The maximum Gasteiger partial charge on any atom is 0.119 e. The van der Waals surface area contributed by atoms with Crippen LogP contribution in [-0.2, 0) is 4.74 Å². The van der Waals surface area contributed by atoms with Crippen LogP contribution in [0, 0.1) is 22.7 Å². The van der Waals surface area contributed by atoms with Gasteiger partial charge in [0.15, 0.2) is 0 Å². The predicted octanol–water partition coefficient (Wildman–Crippen LogP) is 11.9. The first-order chi connectivity index (χ1) is 19.2. The van der Waals surface area contributed by atoms with Crippen LogP contribution in [0.5, 0.6) is 0 Å². The Balaban J connectivity index is 1.51. The van der Waals surface area contributed by atoms with E-state index >= 15 is 0 Å². The van der Waals surface area contributed by atoms with E-state index < -0.39 is 0 Å². The van der Waals surface area contributed by atoms with Gasteiger partial charge in [-0.05, 0) is 96.1 Å². The zero-order chi connectivity index (χ0) is 30.3. The van der Waals surface area contributed by atoms with Gasteiger partial charge in [0, 0.05) is 11.8 Å². The third kappa shape index (κ3) is 9.09. The summed E-state index contributed by atoms with van der Waals surface area (Å²) >= 11 is 0. The molecule has 1 heterocycles. The fourth-order valence-electron chi connectivity index (χ4n) is 6.79. The Morgan fingerprint density at radius 2 is 1.32 bits per heavy atom. The molecule has 222 valence electrons. The molecular weight excluding hydrogens is 496 g/mol. The summed E-state index contributed by atoms with van der Waals surface area (Å²) in [5.74, 6) is 2.08. The van der Waals surface area contributed by atoms with Crippen LogP contribution in [-0.4, -0.2) is 5.60 Å². The summed E-state index contributed by atoms with van der Waals surface area (Å²) < 4.78 is 6.51. The molecule has 0 N–H and O–H groups in total. The molecule has 3 aliphatic rings. The second kappa shape index (κ2) is 13.9. The van der Waals surface area contributed by atoms with Gasteiger partial charge in [-0.15, -0.1) is 0 Å². The average molecular weight is 553 g/mol. The van der Waals surface area contributed by atoms with Crippen LogP contribution in [0.3, 0.4) is 0 Å². The molecule has 1 saturated carbocycles. The van der Waals surface area contributed by atoms with Gasteiger partial charge in [-0.25, -0.2) is 0 Å². The third-order valence-corrected chi connectivity index (χ3v) is 9.44. The van der Waals surface area contributed by atoms with Crippen molar-refractivity contribution in [1.82, 2.24) is 0 Å². The zero-order valence-corrected chi connectivity index (χ0v) is 27.7. The maximum absolute atomic E-state index is 6.51. The van der Waals surface area contributed by atoms with E-state index in [-0.39, 0.29) is 5.60 Å². The molecule has 0 radical (unpaired) electrons. The Morgan fingerprint density at radius 3 is 1.93 bits per heavy atom. The standard InChI is InChI=1S/C40H56O/c1-30(19-13-20-32(3)24-25-35-33(4)23-15-26-38(35,6)7)17-11-12-18-31(2)21-14-22-34(5)36-29-37-39(8,9)27-16-28-40(37,10)41-36/h11-14,17-25,29,35,37H,15-16,26-28H2,1-10H3/b12-11+,19-13+,21-14+,25-24+,30-17+,31-18+,32-20+,34-22+. The molecule has 0 bridgehead atoms. The van der Waals surface area contributed by atoms with E-state index in [1.54, 1.807) is 0 Å². The van der Waals surface area contributed by atoms with Crippen LogP contribution >= 0.6 is 0 Å². The molecule has 0 aromatic rings. The third-order valence-electron chi connectivity index (χ3n) is 9.44. The van der Waals surface area contributed by atoms with E-state index in [9.17, 15) is 0 Å². The second-order valence-electron chi connectivity index (χ2n) is 14.3. The second-order valence-corrected chi connectivity index (χ2v) is 14.3. The number of hydrogen-bond acceptors (Lipinski definition) is 1. The monoisotopic (exact) mass is 552 g/mol. The molecule has 41 heavy (non-hydrogen) atoms. The van der Waals surface area contributed by atoms with E-state index in [0.717, 1.165) is 12.2 Å². The first kappa shape index (κ1) is 32.7. The van der Waals surface area contributed by atoms with Crippen LogP contribution in [0.1, 0.15) is 101 Å². The highest BCUT2D eigenvalue weighted by atomic mass is 16.5. The topological polar surface area (TPSA) is 9.23 Å². The lowest BCUT2D eigenvalue weighted by molar-refractivity contribution is -0.0596. The molecule has 3 atom stereocenters.